The zero-order valence-corrected chi connectivity index (χ0v) is 16.3. The van der Waals surface area contributed by atoms with Gasteiger partial charge in [-0.1, -0.05) is 38.5 Å². The van der Waals surface area contributed by atoms with Gasteiger partial charge in [-0.25, -0.2) is 4.79 Å². The summed E-state index contributed by atoms with van der Waals surface area (Å²) in [4.78, 5) is 38.4. The van der Waals surface area contributed by atoms with Gasteiger partial charge >= 0.3 is 6.03 Å². The first-order valence-corrected chi connectivity index (χ1v) is 11.0. The summed E-state index contributed by atoms with van der Waals surface area (Å²) < 4.78 is 0. The lowest BCUT2D eigenvalue weighted by molar-refractivity contribution is -0.131. The van der Waals surface area contributed by atoms with Crippen molar-refractivity contribution >= 4 is 17.8 Å². The van der Waals surface area contributed by atoms with Gasteiger partial charge in [-0.05, 0) is 50.4 Å². The van der Waals surface area contributed by atoms with Crippen molar-refractivity contribution in [1.82, 2.24) is 15.5 Å². The lowest BCUT2D eigenvalue weighted by atomic mass is 9.69. The molecule has 3 saturated carbocycles. The van der Waals surface area contributed by atoms with Crippen molar-refractivity contribution in [1.29, 1.82) is 0 Å². The zero-order chi connectivity index (χ0) is 18.9. The monoisotopic (exact) mass is 375 g/mol. The number of fused-ring (bicyclic) bond motifs is 1. The molecule has 3 aliphatic carbocycles. The van der Waals surface area contributed by atoms with Gasteiger partial charge in [-0.15, -0.1) is 0 Å². The van der Waals surface area contributed by atoms with Gasteiger partial charge in [-0.2, -0.15) is 0 Å². The van der Waals surface area contributed by atoms with Crippen molar-refractivity contribution in [2.75, 3.05) is 6.54 Å². The molecule has 3 atom stereocenters. The van der Waals surface area contributed by atoms with Crippen LogP contribution in [0.15, 0.2) is 0 Å². The molecule has 150 valence electrons. The maximum absolute atomic E-state index is 12.6. The summed E-state index contributed by atoms with van der Waals surface area (Å²) in [5.41, 5.74) is -0.641. The Morgan fingerprint density at radius 3 is 2.56 bits per heavy atom. The fraction of sp³-hybridized carbons (Fsp3) is 0.857. The predicted octanol–water partition coefficient (Wildman–Crippen LogP) is 3.11. The molecule has 4 amide bonds. The van der Waals surface area contributed by atoms with Crippen molar-refractivity contribution in [3.05, 3.63) is 0 Å². The van der Waals surface area contributed by atoms with Crippen LogP contribution in [0.4, 0.5) is 4.79 Å². The molecule has 4 rings (SSSR count). The van der Waals surface area contributed by atoms with E-state index in [1.165, 1.54) is 37.0 Å². The van der Waals surface area contributed by atoms with E-state index in [2.05, 4.69) is 10.6 Å². The second-order valence-corrected chi connectivity index (χ2v) is 9.16. The van der Waals surface area contributed by atoms with Crippen LogP contribution < -0.4 is 10.6 Å². The third-order valence-electron chi connectivity index (χ3n) is 7.39. The Balaban J connectivity index is 1.20. The van der Waals surface area contributed by atoms with Crippen LogP contribution >= 0.6 is 0 Å². The van der Waals surface area contributed by atoms with E-state index in [0.717, 1.165) is 50.4 Å². The third kappa shape index (κ3) is 3.85. The molecular formula is C21H33N3O3. The van der Waals surface area contributed by atoms with Gasteiger partial charge in [0.05, 0.1) is 0 Å². The van der Waals surface area contributed by atoms with Crippen LogP contribution in [0.5, 0.6) is 0 Å². The fourth-order valence-electron chi connectivity index (χ4n) is 5.90. The molecule has 6 nitrogen and oxygen atoms in total. The summed E-state index contributed by atoms with van der Waals surface area (Å²) in [6, 6.07) is 0.0354. The number of hydrogen-bond donors (Lipinski definition) is 2. The smallest absolute Gasteiger partial charge is 0.325 e. The van der Waals surface area contributed by atoms with Crippen LogP contribution in [0.1, 0.15) is 83.5 Å². The highest BCUT2D eigenvalue weighted by molar-refractivity contribution is 6.07. The number of nitrogens with one attached hydrogen (secondary N) is 2. The predicted molar refractivity (Wildman–Crippen MR) is 102 cm³/mol. The quantitative estimate of drug-likeness (QED) is 0.725. The van der Waals surface area contributed by atoms with Gasteiger partial charge in [0.15, 0.2) is 0 Å². The summed E-state index contributed by atoms with van der Waals surface area (Å²) >= 11 is 0. The Hall–Kier alpha value is -1.59. The third-order valence-corrected chi connectivity index (χ3v) is 7.39. The Labute approximate surface area is 161 Å². The Morgan fingerprint density at radius 2 is 1.78 bits per heavy atom. The lowest BCUT2D eigenvalue weighted by Gasteiger charge is -2.39. The van der Waals surface area contributed by atoms with E-state index in [0.29, 0.717) is 25.4 Å². The first-order valence-electron chi connectivity index (χ1n) is 11.0. The van der Waals surface area contributed by atoms with Gasteiger partial charge in [0.25, 0.3) is 5.91 Å². The second-order valence-electron chi connectivity index (χ2n) is 9.16. The molecule has 4 aliphatic rings. The Kier molecular flexibility index (Phi) is 5.42. The van der Waals surface area contributed by atoms with Crippen LogP contribution in [-0.2, 0) is 9.59 Å². The molecule has 0 radical (unpaired) electrons. The maximum atomic E-state index is 12.6. The van der Waals surface area contributed by atoms with Gasteiger partial charge in [0, 0.05) is 19.0 Å². The van der Waals surface area contributed by atoms with Gasteiger partial charge < -0.3 is 10.6 Å². The van der Waals surface area contributed by atoms with E-state index in [-0.39, 0.29) is 17.8 Å². The average Bonchev–Trinajstić information content (AvgIpc) is 3.22. The molecule has 4 fully saturated rings. The number of urea groups is 1. The lowest BCUT2D eigenvalue weighted by Crippen LogP contribution is -2.44. The molecular weight excluding hydrogens is 342 g/mol. The minimum atomic E-state index is -0.641. The molecule has 1 heterocycles. The molecule has 1 aliphatic heterocycles. The normalized spacial score (nSPS) is 32.4. The van der Waals surface area contributed by atoms with Gasteiger partial charge in [0.2, 0.25) is 5.91 Å². The van der Waals surface area contributed by atoms with Crippen LogP contribution in [-0.4, -0.2) is 40.9 Å². The van der Waals surface area contributed by atoms with Gasteiger partial charge in [0.1, 0.15) is 5.54 Å². The SMILES string of the molecule is O=C(CCCN1C(=O)NC2(CCCC2)C1=O)N[C@@H]1CC[C@@H]2CCCC[C@@H]2C1. The summed E-state index contributed by atoms with van der Waals surface area (Å²) in [6.45, 7) is 0.342. The van der Waals surface area contributed by atoms with Crippen LogP contribution in [0.25, 0.3) is 0 Å². The van der Waals surface area contributed by atoms with Crippen LogP contribution in [0.2, 0.25) is 0 Å². The van der Waals surface area contributed by atoms with E-state index < -0.39 is 5.54 Å². The van der Waals surface area contributed by atoms with Crippen molar-refractivity contribution in [3.63, 3.8) is 0 Å². The molecule has 0 bridgehead atoms. The molecule has 0 aromatic rings. The number of rotatable bonds is 5. The molecule has 2 N–H and O–H groups in total. The number of carbonyl (C=O) groups excluding carboxylic acids is 3. The number of hydrogen-bond acceptors (Lipinski definition) is 3. The second kappa shape index (κ2) is 7.80. The summed E-state index contributed by atoms with van der Waals surface area (Å²) in [7, 11) is 0. The van der Waals surface area contributed by atoms with Crippen molar-refractivity contribution in [2.24, 2.45) is 11.8 Å². The van der Waals surface area contributed by atoms with E-state index >= 15 is 0 Å². The minimum Gasteiger partial charge on any atom is -0.353 e. The van der Waals surface area contributed by atoms with Gasteiger partial charge in [-0.3, -0.25) is 14.5 Å². The highest BCUT2D eigenvalue weighted by Crippen LogP contribution is 2.40. The Morgan fingerprint density at radius 1 is 1.04 bits per heavy atom. The number of amides is 4. The molecule has 0 unspecified atom stereocenters. The zero-order valence-electron chi connectivity index (χ0n) is 16.3. The molecule has 27 heavy (non-hydrogen) atoms. The van der Waals surface area contributed by atoms with Crippen LogP contribution in [0, 0.1) is 11.8 Å². The summed E-state index contributed by atoms with van der Waals surface area (Å²) in [5.74, 6) is 1.67. The Bertz CT molecular complexity index is 599. The van der Waals surface area contributed by atoms with Crippen molar-refractivity contribution in [2.45, 2.75) is 95.1 Å². The first kappa shape index (κ1) is 18.8. The van der Waals surface area contributed by atoms with Crippen molar-refractivity contribution < 1.29 is 14.4 Å². The minimum absolute atomic E-state index is 0.0666. The topological polar surface area (TPSA) is 78.5 Å². The molecule has 0 aromatic heterocycles. The fourth-order valence-corrected chi connectivity index (χ4v) is 5.90. The van der Waals surface area contributed by atoms with Crippen LogP contribution in [0.3, 0.4) is 0 Å². The standard InChI is InChI=1S/C21H33N3O3/c25-18(22-17-10-9-15-6-1-2-7-16(15)14-17)8-5-13-24-19(26)21(23-20(24)27)11-3-4-12-21/h15-17H,1-14H2,(H,22,25)(H,23,27)/t15-,16+,17+/m0/s1. The number of imide groups is 1. The van der Waals surface area contributed by atoms with E-state index in [1.54, 1.807) is 0 Å². The number of nitrogens with zero attached hydrogens (tertiary/aromatic N) is 1. The highest BCUT2D eigenvalue weighted by atomic mass is 16.2. The molecule has 0 aromatic carbocycles. The summed E-state index contributed by atoms with van der Waals surface area (Å²) in [6.07, 6.45) is 13.3. The summed E-state index contributed by atoms with van der Waals surface area (Å²) in [5, 5.41) is 6.10. The average molecular weight is 376 g/mol. The molecule has 6 heteroatoms. The van der Waals surface area contributed by atoms with E-state index in [9.17, 15) is 14.4 Å². The molecule has 1 saturated heterocycles. The molecule has 1 spiro atoms. The van der Waals surface area contributed by atoms with Crippen molar-refractivity contribution in [3.8, 4) is 0 Å². The number of carbonyl (C=O) groups is 3. The highest BCUT2D eigenvalue weighted by Gasteiger charge is 2.52. The maximum Gasteiger partial charge on any atom is 0.325 e. The van der Waals surface area contributed by atoms with E-state index in [4.69, 9.17) is 0 Å². The van der Waals surface area contributed by atoms with E-state index in [1.807, 2.05) is 0 Å². The first-order chi connectivity index (χ1) is 13.1. The largest absolute Gasteiger partial charge is 0.353 e.